The van der Waals surface area contributed by atoms with Gasteiger partial charge in [0.1, 0.15) is 5.82 Å². The largest absolute Gasteiger partial charge is 0.352 e. The van der Waals surface area contributed by atoms with Crippen LogP contribution in [0.25, 0.3) is 0 Å². The van der Waals surface area contributed by atoms with Crippen LogP contribution in [0.4, 0.5) is 4.39 Å². The van der Waals surface area contributed by atoms with E-state index in [1.807, 2.05) is 0 Å². The van der Waals surface area contributed by atoms with Crippen LogP contribution < -0.4 is 5.32 Å². The van der Waals surface area contributed by atoms with Gasteiger partial charge >= 0.3 is 0 Å². The lowest BCUT2D eigenvalue weighted by atomic mass is 10.0. The molecule has 0 fully saturated rings. The number of benzene rings is 1. The molecular weight excluding hydrogens is 276 g/mol. The second kappa shape index (κ2) is 6.95. The van der Waals surface area contributed by atoms with Gasteiger partial charge in [0.15, 0.2) is 0 Å². The average Bonchev–Trinajstić information content (AvgIpc) is 2.34. The van der Waals surface area contributed by atoms with Gasteiger partial charge in [0.25, 0.3) is 5.91 Å². The standard InChI is InChI=1S/C13H16Cl2FNO/c1-3-8(4-2)7-17-13(18)9-5-12(16)11(15)6-10(9)14/h5-6,8H,3-4,7H2,1-2H3,(H,17,18). The molecule has 0 spiro atoms. The fourth-order valence-corrected chi connectivity index (χ4v) is 2.08. The zero-order valence-electron chi connectivity index (χ0n) is 10.4. The number of hydrogen-bond acceptors (Lipinski definition) is 1. The average molecular weight is 292 g/mol. The van der Waals surface area contributed by atoms with Gasteiger partial charge in [-0.05, 0) is 18.1 Å². The topological polar surface area (TPSA) is 29.1 Å². The monoisotopic (exact) mass is 291 g/mol. The summed E-state index contributed by atoms with van der Waals surface area (Å²) in [6.07, 6.45) is 1.97. The van der Waals surface area contributed by atoms with Gasteiger partial charge in [-0.3, -0.25) is 4.79 Å². The summed E-state index contributed by atoms with van der Waals surface area (Å²) in [7, 11) is 0. The third-order valence-corrected chi connectivity index (χ3v) is 3.56. The van der Waals surface area contributed by atoms with Crippen molar-refractivity contribution in [3.63, 3.8) is 0 Å². The predicted molar refractivity (Wildman–Crippen MR) is 72.8 cm³/mol. The SMILES string of the molecule is CCC(CC)CNC(=O)c1cc(F)c(Cl)cc1Cl. The minimum Gasteiger partial charge on any atom is -0.352 e. The molecular formula is C13H16Cl2FNO. The fourth-order valence-electron chi connectivity index (χ4n) is 1.61. The summed E-state index contributed by atoms with van der Waals surface area (Å²) < 4.78 is 13.3. The molecule has 0 radical (unpaired) electrons. The molecule has 0 heterocycles. The van der Waals surface area contributed by atoms with Crippen molar-refractivity contribution in [2.75, 3.05) is 6.54 Å². The quantitative estimate of drug-likeness (QED) is 0.805. The molecule has 0 saturated heterocycles. The van der Waals surface area contributed by atoms with Gasteiger partial charge in [-0.25, -0.2) is 4.39 Å². The van der Waals surface area contributed by atoms with E-state index in [2.05, 4.69) is 19.2 Å². The summed E-state index contributed by atoms with van der Waals surface area (Å²) in [5, 5.41) is 2.82. The molecule has 1 amide bonds. The van der Waals surface area contributed by atoms with E-state index in [1.165, 1.54) is 6.07 Å². The van der Waals surface area contributed by atoms with Gasteiger partial charge in [0.05, 0.1) is 15.6 Å². The zero-order chi connectivity index (χ0) is 13.7. The fraction of sp³-hybridized carbons (Fsp3) is 0.462. The third-order valence-electron chi connectivity index (χ3n) is 2.96. The molecule has 1 aromatic rings. The molecule has 0 aliphatic rings. The van der Waals surface area contributed by atoms with E-state index in [4.69, 9.17) is 23.2 Å². The highest BCUT2D eigenvalue weighted by Crippen LogP contribution is 2.24. The molecule has 0 saturated carbocycles. The number of rotatable bonds is 5. The van der Waals surface area contributed by atoms with Crippen molar-refractivity contribution in [3.8, 4) is 0 Å². The van der Waals surface area contributed by atoms with E-state index >= 15 is 0 Å². The van der Waals surface area contributed by atoms with E-state index in [1.54, 1.807) is 0 Å². The van der Waals surface area contributed by atoms with Crippen LogP contribution in [0.3, 0.4) is 0 Å². The highest BCUT2D eigenvalue weighted by Gasteiger charge is 2.15. The molecule has 0 aliphatic heterocycles. The number of halogens is 3. The number of carbonyl (C=O) groups is 1. The summed E-state index contributed by atoms with van der Waals surface area (Å²) in [5.41, 5.74) is 0.115. The minimum absolute atomic E-state index is 0.0865. The maximum atomic E-state index is 13.3. The van der Waals surface area contributed by atoms with Crippen LogP contribution in [0.2, 0.25) is 10.0 Å². The Morgan fingerprint density at radius 2 is 1.89 bits per heavy atom. The molecule has 0 bridgehead atoms. The Hall–Kier alpha value is -0.800. The van der Waals surface area contributed by atoms with Crippen LogP contribution in [0.15, 0.2) is 12.1 Å². The van der Waals surface area contributed by atoms with Crippen LogP contribution in [0, 0.1) is 11.7 Å². The minimum atomic E-state index is -0.645. The van der Waals surface area contributed by atoms with Crippen molar-refractivity contribution in [2.24, 2.45) is 5.92 Å². The van der Waals surface area contributed by atoms with Gasteiger partial charge in [-0.2, -0.15) is 0 Å². The summed E-state index contributed by atoms with van der Waals surface area (Å²) >= 11 is 11.4. The summed E-state index contributed by atoms with van der Waals surface area (Å²) in [4.78, 5) is 11.9. The molecule has 100 valence electrons. The summed E-state index contributed by atoms with van der Waals surface area (Å²) in [6.45, 7) is 4.69. The van der Waals surface area contributed by atoms with Gasteiger partial charge in [0, 0.05) is 6.54 Å². The van der Waals surface area contributed by atoms with Crippen LogP contribution in [-0.4, -0.2) is 12.5 Å². The highest BCUT2D eigenvalue weighted by atomic mass is 35.5. The molecule has 0 atom stereocenters. The van der Waals surface area contributed by atoms with E-state index in [0.29, 0.717) is 12.5 Å². The highest BCUT2D eigenvalue weighted by molar-refractivity contribution is 6.36. The second-order valence-corrected chi connectivity index (χ2v) is 4.95. The van der Waals surface area contributed by atoms with Crippen LogP contribution in [0.5, 0.6) is 0 Å². The first-order valence-electron chi connectivity index (χ1n) is 5.92. The Labute approximate surface area is 116 Å². The predicted octanol–water partition coefficient (Wildman–Crippen LogP) is 4.30. The van der Waals surface area contributed by atoms with Crippen LogP contribution >= 0.6 is 23.2 Å². The number of nitrogens with one attached hydrogen (secondary N) is 1. The van der Waals surface area contributed by atoms with Crippen molar-refractivity contribution in [1.82, 2.24) is 5.32 Å². The van der Waals surface area contributed by atoms with Crippen molar-refractivity contribution in [1.29, 1.82) is 0 Å². The van der Waals surface area contributed by atoms with Gasteiger partial charge in [-0.15, -0.1) is 0 Å². The van der Waals surface area contributed by atoms with Crippen molar-refractivity contribution >= 4 is 29.1 Å². The van der Waals surface area contributed by atoms with Crippen LogP contribution in [-0.2, 0) is 0 Å². The van der Waals surface area contributed by atoms with E-state index < -0.39 is 5.82 Å². The van der Waals surface area contributed by atoms with Crippen molar-refractivity contribution in [2.45, 2.75) is 26.7 Å². The lowest BCUT2D eigenvalue weighted by Crippen LogP contribution is -2.29. The molecule has 1 N–H and O–H groups in total. The lowest BCUT2D eigenvalue weighted by molar-refractivity contribution is 0.0946. The number of amides is 1. The van der Waals surface area contributed by atoms with Crippen molar-refractivity contribution in [3.05, 3.63) is 33.6 Å². The van der Waals surface area contributed by atoms with Crippen molar-refractivity contribution < 1.29 is 9.18 Å². The van der Waals surface area contributed by atoms with E-state index in [9.17, 15) is 9.18 Å². The Morgan fingerprint density at radius 1 is 1.28 bits per heavy atom. The zero-order valence-corrected chi connectivity index (χ0v) is 11.9. The van der Waals surface area contributed by atoms with Crippen LogP contribution in [0.1, 0.15) is 37.0 Å². The molecule has 0 aliphatic carbocycles. The van der Waals surface area contributed by atoms with Gasteiger partial charge < -0.3 is 5.32 Å². The van der Waals surface area contributed by atoms with E-state index in [0.717, 1.165) is 18.9 Å². The molecule has 5 heteroatoms. The number of hydrogen-bond donors (Lipinski definition) is 1. The Kier molecular flexibility index (Phi) is 5.89. The van der Waals surface area contributed by atoms with E-state index in [-0.39, 0.29) is 21.5 Å². The molecule has 18 heavy (non-hydrogen) atoms. The molecule has 0 aromatic heterocycles. The first kappa shape index (κ1) is 15.3. The molecule has 1 aromatic carbocycles. The molecule has 0 unspecified atom stereocenters. The molecule has 2 nitrogen and oxygen atoms in total. The first-order chi connectivity index (χ1) is 8.49. The maximum absolute atomic E-state index is 13.3. The first-order valence-corrected chi connectivity index (χ1v) is 6.67. The third kappa shape index (κ3) is 3.85. The number of carbonyl (C=O) groups excluding carboxylic acids is 1. The maximum Gasteiger partial charge on any atom is 0.252 e. The summed E-state index contributed by atoms with van der Waals surface area (Å²) in [5.74, 6) is -0.596. The summed E-state index contributed by atoms with van der Waals surface area (Å²) in [6, 6.07) is 2.30. The smallest absolute Gasteiger partial charge is 0.252 e. The Bertz CT molecular complexity index is 433. The van der Waals surface area contributed by atoms with Gasteiger partial charge in [0.2, 0.25) is 0 Å². The van der Waals surface area contributed by atoms with Gasteiger partial charge in [-0.1, -0.05) is 49.9 Å². The lowest BCUT2D eigenvalue weighted by Gasteiger charge is -2.14. The Balaban J connectivity index is 2.76. The second-order valence-electron chi connectivity index (χ2n) is 4.14. The molecule has 1 rings (SSSR count). The normalized spacial score (nSPS) is 10.8. The Morgan fingerprint density at radius 3 is 2.44 bits per heavy atom.